The summed E-state index contributed by atoms with van der Waals surface area (Å²) in [5.74, 6) is 0. The summed E-state index contributed by atoms with van der Waals surface area (Å²) < 4.78 is 0. The zero-order valence-electron chi connectivity index (χ0n) is 14.8. The lowest BCUT2D eigenvalue weighted by molar-refractivity contribution is 0.390. The van der Waals surface area contributed by atoms with Crippen molar-refractivity contribution < 1.29 is 0 Å². The minimum atomic E-state index is 0.191. The molecule has 2 rings (SSSR count). The molecule has 0 amide bonds. The molecule has 1 aliphatic rings. The van der Waals surface area contributed by atoms with Gasteiger partial charge in [0.25, 0.3) is 0 Å². The molecule has 1 aromatic rings. The monoisotopic (exact) mass is 299 g/mol. The lowest BCUT2D eigenvalue weighted by atomic mass is 10.0. The van der Waals surface area contributed by atoms with Crippen LogP contribution in [0.1, 0.15) is 43.9 Å². The zero-order chi connectivity index (χ0) is 16.3. The Morgan fingerprint density at radius 3 is 2.27 bits per heavy atom. The molecule has 22 heavy (non-hydrogen) atoms. The summed E-state index contributed by atoms with van der Waals surface area (Å²) in [6.45, 7) is 18.5. The van der Waals surface area contributed by atoms with Gasteiger partial charge >= 0.3 is 0 Å². The van der Waals surface area contributed by atoms with Crippen LogP contribution >= 0.6 is 0 Å². The van der Waals surface area contributed by atoms with Gasteiger partial charge in [-0.15, -0.1) is 0 Å². The van der Waals surface area contributed by atoms with Gasteiger partial charge in [-0.2, -0.15) is 0 Å². The van der Waals surface area contributed by atoms with Gasteiger partial charge in [-0.3, -0.25) is 0 Å². The molecule has 0 saturated carbocycles. The predicted molar refractivity (Wildman–Crippen MR) is 94.6 cm³/mol. The molecule has 3 nitrogen and oxygen atoms in total. The highest BCUT2D eigenvalue weighted by Crippen LogP contribution is 2.30. The smallest absolute Gasteiger partial charge is 0.212 e. The van der Waals surface area contributed by atoms with E-state index in [1.165, 1.54) is 22.4 Å². The number of aryl methyl sites for hydroxylation is 3. The highest BCUT2D eigenvalue weighted by molar-refractivity contribution is 5.63. The van der Waals surface area contributed by atoms with Crippen molar-refractivity contribution in [1.29, 1.82) is 0 Å². The quantitative estimate of drug-likeness (QED) is 0.830. The molecule has 120 valence electrons. The first kappa shape index (κ1) is 16.9. The molecule has 1 N–H and O–H groups in total. The minimum Gasteiger partial charge on any atom is -0.346 e. The van der Waals surface area contributed by atoms with Gasteiger partial charge in [0, 0.05) is 30.2 Å². The second-order valence-electron chi connectivity index (χ2n) is 7.24. The minimum absolute atomic E-state index is 0.191. The lowest BCUT2D eigenvalue weighted by Crippen LogP contribution is -2.37. The van der Waals surface area contributed by atoms with Gasteiger partial charge < -0.3 is 15.1 Å². The number of hydrogen-bond acceptors (Lipinski definition) is 3. The molecule has 2 radical (unpaired) electrons. The van der Waals surface area contributed by atoms with E-state index < -0.39 is 0 Å². The first-order valence-electron chi connectivity index (χ1n) is 8.10. The van der Waals surface area contributed by atoms with Crippen molar-refractivity contribution >= 4 is 5.69 Å². The van der Waals surface area contributed by atoms with Crippen molar-refractivity contribution in [2.75, 3.05) is 18.0 Å². The molecule has 0 saturated heterocycles. The third-order valence-corrected chi connectivity index (χ3v) is 3.74. The van der Waals surface area contributed by atoms with Crippen LogP contribution in [0.5, 0.6) is 0 Å². The molecule has 0 fully saturated rings. The maximum Gasteiger partial charge on any atom is 0.212 e. The van der Waals surface area contributed by atoms with Gasteiger partial charge in [0.15, 0.2) is 0 Å². The van der Waals surface area contributed by atoms with Gasteiger partial charge in [-0.1, -0.05) is 17.7 Å². The number of anilines is 1. The van der Waals surface area contributed by atoms with Gasteiger partial charge in [0.05, 0.1) is 0 Å². The first-order chi connectivity index (χ1) is 10.3. The van der Waals surface area contributed by atoms with E-state index in [2.05, 4.69) is 87.9 Å². The van der Waals surface area contributed by atoms with Crippen LogP contribution in [0.3, 0.4) is 0 Å². The largest absolute Gasteiger partial charge is 0.346 e. The Labute approximate surface area is 136 Å². The second-order valence-corrected chi connectivity index (χ2v) is 7.24. The van der Waals surface area contributed by atoms with Crippen molar-refractivity contribution in [2.24, 2.45) is 0 Å². The van der Waals surface area contributed by atoms with Crippen molar-refractivity contribution in [2.45, 2.75) is 53.5 Å². The van der Waals surface area contributed by atoms with E-state index in [1.807, 2.05) is 0 Å². The summed E-state index contributed by atoms with van der Waals surface area (Å²) in [6, 6.07) is 4.46. The highest BCUT2D eigenvalue weighted by Gasteiger charge is 2.19. The molecule has 0 aromatic heterocycles. The molecule has 1 aliphatic heterocycles. The van der Waals surface area contributed by atoms with Crippen LogP contribution in [-0.4, -0.2) is 23.5 Å². The van der Waals surface area contributed by atoms with E-state index in [0.717, 1.165) is 19.5 Å². The number of nitrogens with zero attached hydrogens (tertiary/aromatic N) is 2. The molecule has 0 spiro atoms. The topological polar surface area (TPSA) is 18.5 Å². The standard InChI is InChI=1S/C19H29N3/c1-15-12-16(2)18(17(3)13-15)22-11-10-21(14-22)9-7-8-20-19(4,5)6/h10-13,20H,7-9H2,1-6H3. The molecular weight excluding hydrogens is 270 g/mol. The van der Waals surface area contributed by atoms with Crippen molar-refractivity contribution in [1.82, 2.24) is 10.2 Å². The van der Waals surface area contributed by atoms with Crippen LogP contribution < -0.4 is 10.2 Å². The average Bonchev–Trinajstić information content (AvgIpc) is 2.81. The van der Waals surface area contributed by atoms with Crippen molar-refractivity contribution in [3.63, 3.8) is 0 Å². The number of rotatable bonds is 5. The predicted octanol–water partition coefficient (Wildman–Crippen LogP) is 3.98. The molecule has 0 unspecified atom stereocenters. The van der Waals surface area contributed by atoms with Gasteiger partial charge in [-0.05, 0) is 65.6 Å². The number of hydrogen-bond donors (Lipinski definition) is 1. The Hall–Kier alpha value is -1.48. The molecule has 3 heteroatoms. The van der Waals surface area contributed by atoms with E-state index >= 15 is 0 Å². The SMILES string of the molecule is Cc1cc(C)c(N2[C]N(CCCNC(C)(C)C)C=C2)c(C)c1. The van der Waals surface area contributed by atoms with E-state index in [-0.39, 0.29) is 5.54 Å². The molecule has 1 aromatic carbocycles. The molecule has 1 heterocycles. The van der Waals surface area contributed by atoms with Crippen molar-refractivity contribution in [3.8, 4) is 0 Å². The number of nitrogens with one attached hydrogen (secondary N) is 1. The van der Waals surface area contributed by atoms with Crippen LogP contribution in [-0.2, 0) is 0 Å². The molecule has 0 bridgehead atoms. The third-order valence-electron chi connectivity index (χ3n) is 3.74. The highest BCUT2D eigenvalue weighted by atomic mass is 15.3. The Bertz CT molecular complexity index is 517. The maximum absolute atomic E-state index is 3.52. The summed E-state index contributed by atoms with van der Waals surface area (Å²) in [4.78, 5) is 4.25. The Morgan fingerprint density at radius 2 is 1.68 bits per heavy atom. The van der Waals surface area contributed by atoms with Crippen molar-refractivity contribution in [3.05, 3.63) is 47.9 Å². The summed E-state index contributed by atoms with van der Waals surface area (Å²) in [7, 11) is 0. The summed E-state index contributed by atoms with van der Waals surface area (Å²) in [6.07, 6.45) is 5.31. The Kier molecular flexibility index (Phi) is 5.17. The molecule has 0 aliphatic carbocycles. The van der Waals surface area contributed by atoms with Gasteiger partial charge in [0.2, 0.25) is 6.67 Å². The second kappa shape index (κ2) is 6.74. The van der Waals surface area contributed by atoms with Gasteiger partial charge in [0.1, 0.15) is 0 Å². The van der Waals surface area contributed by atoms with Crippen LogP contribution in [0.2, 0.25) is 0 Å². The lowest BCUT2D eigenvalue weighted by Gasteiger charge is -2.24. The summed E-state index contributed by atoms with van der Waals surface area (Å²) in [5, 5.41) is 3.52. The summed E-state index contributed by atoms with van der Waals surface area (Å²) in [5.41, 5.74) is 5.34. The Balaban J connectivity index is 1.88. The zero-order valence-corrected chi connectivity index (χ0v) is 14.8. The maximum atomic E-state index is 3.52. The molecule has 0 atom stereocenters. The van der Waals surface area contributed by atoms with Crippen LogP contribution in [0.25, 0.3) is 0 Å². The average molecular weight is 299 g/mol. The van der Waals surface area contributed by atoms with Crippen LogP contribution in [0, 0.1) is 27.4 Å². The van der Waals surface area contributed by atoms with E-state index in [9.17, 15) is 0 Å². The van der Waals surface area contributed by atoms with E-state index in [0.29, 0.717) is 0 Å². The third kappa shape index (κ3) is 4.51. The van der Waals surface area contributed by atoms with E-state index in [4.69, 9.17) is 0 Å². The van der Waals surface area contributed by atoms with Crippen LogP contribution in [0.4, 0.5) is 5.69 Å². The fourth-order valence-corrected chi connectivity index (χ4v) is 2.87. The fraction of sp³-hybridized carbons (Fsp3) is 0.526. The molecular formula is C19H29N3. The summed E-state index contributed by atoms with van der Waals surface area (Å²) >= 11 is 0. The fourth-order valence-electron chi connectivity index (χ4n) is 2.87. The Morgan fingerprint density at radius 1 is 1.05 bits per heavy atom. The van der Waals surface area contributed by atoms with Crippen LogP contribution in [0.15, 0.2) is 24.5 Å². The van der Waals surface area contributed by atoms with Gasteiger partial charge in [-0.25, -0.2) is 0 Å². The van der Waals surface area contributed by atoms with E-state index in [1.54, 1.807) is 0 Å². The number of benzene rings is 1. The first-order valence-corrected chi connectivity index (χ1v) is 8.10. The normalized spacial score (nSPS) is 15.0.